The van der Waals surface area contributed by atoms with E-state index in [1.807, 2.05) is 69.9 Å². The van der Waals surface area contributed by atoms with Crippen LogP contribution < -0.4 is 0 Å². The van der Waals surface area contributed by atoms with Gasteiger partial charge in [-0.1, -0.05) is 53.7 Å². The van der Waals surface area contributed by atoms with Crippen molar-refractivity contribution in [3.8, 4) is 17.1 Å². The molecule has 188 valence electrons. The number of benzene rings is 2. The van der Waals surface area contributed by atoms with Gasteiger partial charge in [0, 0.05) is 42.5 Å². The topological polar surface area (TPSA) is 85.4 Å². The van der Waals surface area contributed by atoms with Crippen molar-refractivity contribution in [3.63, 3.8) is 0 Å². The molecule has 0 radical (unpaired) electrons. The van der Waals surface area contributed by atoms with E-state index in [0.29, 0.717) is 40.4 Å². The number of hydrogen-bond donors (Lipinski definition) is 0. The largest absolute Gasteiger partial charge is 0.305 e. The molecule has 11 heteroatoms. The number of rotatable bonds is 7. The standard InChI is InChI=1S/C26H23ClN6O2S2/c27-20-11-12-24-28-21(17-31(24)16-20)18-36-26-30-29-25(33(26)22-8-2-1-3-9-22)19-7-6-10-23(15-19)37(34,35)32-13-4-5-14-32/h1-3,6-12,15-17H,4-5,13-14,18H2. The summed E-state index contributed by atoms with van der Waals surface area (Å²) in [7, 11) is -3.55. The zero-order chi connectivity index (χ0) is 25.4. The Morgan fingerprint density at radius 2 is 1.73 bits per heavy atom. The fourth-order valence-electron chi connectivity index (χ4n) is 4.46. The molecule has 1 fully saturated rings. The molecule has 0 amide bonds. The summed E-state index contributed by atoms with van der Waals surface area (Å²) in [5.74, 6) is 1.15. The molecule has 4 heterocycles. The van der Waals surface area contributed by atoms with Crippen molar-refractivity contribution in [2.24, 2.45) is 0 Å². The summed E-state index contributed by atoms with van der Waals surface area (Å²) < 4.78 is 31.8. The van der Waals surface area contributed by atoms with E-state index >= 15 is 0 Å². The van der Waals surface area contributed by atoms with Gasteiger partial charge < -0.3 is 4.40 Å². The van der Waals surface area contributed by atoms with Crippen LogP contribution in [0.15, 0.2) is 89.2 Å². The summed E-state index contributed by atoms with van der Waals surface area (Å²) in [5.41, 5.74) is 3.28. The number of hydrogen-bond acceptors (Lipinski definition) is 6. The fraction of sp³-hybridized carbons (Fsp3) is 0.192. The van der Waals surface area contributed by atoms with Gasteiger partial charge in [0.25, 0.3) is 0 Å². The van der Waals surface area contributed by atoms with E-state index in [9.17, 15) is 8.42 Å². The van der Waals surface area contributed by atoms with Gasteiger partial charge in [0.15, 0.2) is 11.0 Å². The van der Waals surface area contributed by atoms with Crippen molar-refractivity contribution < 1.29 is 8.42 Å². The molecular formula is C26H23ClN6O2S2. The normalized spacial score (nSPS) is 14.5. The third-order valence-corrected chi connectivity index (χ3v) is 9.34. The van der Waals surface area contributed by atoms with E-state index in [1.54, 1.807) is 22.5 Å². The lowest BCUT2D eigenvalue weighted by atomic mass is 10.2. The highest BCUT2D eigenvalue weighted by atomic mass is 35.5. The molecule has 2 aromatic carbocycles. The monoisotopic (exact) mass is 550 g/mol. The zero-order valence-electron chi connectivity index (χ0n) is 19.7. The zero-order valence-corrected chi connectivity index (χ0v) is 22.1. The van der Waals surface area contributed by atoms with E-state index in [2.05, 4.69) is 15.2 Å². The summed E-state index contributed by atoms with van der Waals surface area (Å²) in [6.45, 7) is 1.12. The fourth-order valence-corrected chi connectivity index (χ4v) is 7.03. The number of para-hydroxylation sites is 1. The highest BCUT2D eigenvalue weighted by Gasteiger charge is 2.28. The SMILES string of the molecule is O=S(=O)(c1cccc(-c2nnc(SCc3cn4cc(Cl)ccc4n3)n2-c2ccccc2)c1)N1CCCC1. The molecule has 0 N–H and O–H groups in total. The molecule has 1 saturated heterocycles. The number of nitrogens with zero attached hydrogens (tertiary/aromatic N) is 6. The van der Waals surface area contributed by atoms with Gasteiger partial charge in [-0.2, -0.15) is 4.31 Å². The van der Waals surface area contributed by atoms with Gasteiger partial charge in [0.05, 0.1) is 15.6 Å². The van der Waals surface area contributed by atoms with Crippen LogP contribution >= 0.6 is 23.4 Å². The molecule has 0 aliphatic carbocycles. The lowest BCUT2D eigenvalue weighted by Gasteiger charge is -2.16. The third-order valence-electron chi connectivity index (χ3n) is 6.26. The minimum atomic E-state index is -3.55. The molecule has 0 atom stereocenters. The summed E-state index contributed by atoms with van der Waals surface area (Å²) in [5, 5.41) is 10.3. The summed E-state index contributed by atoms with van der Waals surface area (Å²) >= 11 is 7.62. The molecule has 0 bridgehead atoms. The number of pyridine rings is 1. The Morgan fingerprint density at radius 1 is 0.919 bits per heavy atom. The van der Waals surface area contributed by atoms with Crippen LogP contribution in [-0.2, 0) is 15.8 Å². The van der Waals surface area contributed by atoms with Gasteiger partial charge in [0.1, 0.15) is 5.65 Å². The van der Waals surface area contributed by atoms with Gasteiger partial charge in [-0.25, -0.2) is 13.4 Å². The van der Waals surface area contributed by atoms with Crippen LogP contribution in [0.25, 0.3) is 22.7 Å². The first-order valence-corrected chi connectivity index (χ1v) is 14.7. The summed E-state index contributed by atoms with van der Waals surface area (Å²) in [6.07, 6.45) is 5.55. The number of thioether (sulfide) groups is 1. The number of halogens is 1. The Hall–Kier alpha value is -3.18. The van der Waals surface area contributed by atoms with Crippen LogP contribution in [0.1, 0.15) is 18.5 Å². The van der Waals surface area contributed by atoms with E-state index < -0.39 is 10.0 Å². The van der Waals surface area contributed by atoms with Crippen LogP contribution in [0.4, 0.5) is 0 Å². The number of aromatic nitrogens is 5. The Balaban J connectivity index is 1.36. The first-order valence-electron chi connectivity index (χ1n) is 11.9. The highest BCUT2D eigenvalue weighted by Crippen LogP contribution is 2.31. The Bertz CT molecular complexity index is 1680. The lowest BCUT2D eigenvalue weighted by molar-refractivity contribution is 0.477. The van der Waals surface area contributed by atoms with Crippen molar-refractivity contribution in [1.29, 1.82) is 0 Å². The average molecular weight is 551 g/mol. The van der Waals surface area contributed by atoms with Crippen molar-refractivity contribution in [3.05, 3.63) is 89.8 Å². The van der Waals surface area contributed by atoms with Crippen molar-refractivity contribution in [1.82, 2.24) is 28.5 Å². The predicted octanol–water partition coefficient (Wildman–Crippen LogP) is 5.31. The molecule has 0 spiro atoms. The van der Waals surface area contributed by atoms with E-state index in [1.165, 1.54) is 11.8 Å². The molecule has 8 nitrogen and oxygen atoms in total. The van der Waals surface area contributed by atoms with Crippen LogP contribution in [-0.4, -0.2) is 50.0 Å². The maximum absolute atomic E-state index is 13.2. The van der Waals surface area contributed by atoms with Gasteiger partial charge >= 0.3 is 0 Å². The highest BCUT2D eigenvalue weighted by molar-refractivity contribution is 7.98. The molecular weight excluding hydrogens is 528 g/mol. The first kappa shape index (κ1) is 24.2. The van der Waals surface area contributed by atoms with Crippen LogP contribution in [0, 0.1) is 0 Å². The average Bonchev–Trinajstić information content (AvgIpc) is 3.68. The van der Waals surface area contributed by atoms with Gasteiger partial charge in [-0.3, -0.25) is 4.57 Å². The quantitative estimate of drug-likeness (QED) is 0.255. The molecule has 1 aliphatic rings. The second-order valence-electron chi connectivity index (χ2n) is 8.75. The number of fused-ring (bicyclic) bond motifs is 1. The molecule has 37 heavy (non-hydrogen) atoms. The van der Waals surface area contributed by atoms with Crippen molar-refractivity contribution in [2.75, 3.05) is 13.1 Å². The Labute approximate surface area is 224 Å². The Morgan fingerprint density at radius 3 is 2.54 bits per heavy atom. The first-order chi connectivity index (χ1) is 18.0. The van der Waals surface area contributed by atoms with Crippen molar-refractivity contribution in [2.45, 2.75) is 28.6 Å². The molecule has 1 aliphatic heterocycles. The second-order valence-corrected chi connectivity index (χ2v) is 12.1. The van der Waals surface area contributed by atoms with E-state index in [-0.39, 0.29) is 4.90 Å². The summed E-state index contributed by atoms with van der Waals surface area (Å²) in [6, 6.07) is 20.5. The van der Waals surface area contributed by atoms with Gasteiger partial charge in [-0.15, -0.1) is 10.2 Å². The van der Waals surface area contributed by atoms with E-state index in [4.69, 9.17) is 11.6 Å². The van der Waals surface area contributed by atoms with Crippen LogP contribution in [0.2, 0.25) is 5.02 Å². The summed E-state index contributed by atoms with van der Waals surface area (Å²) in [4.78, 5) is 4.94. The van der Waals surface area contributed by atoms with Crippen molar-refractivity contribution >= 4 is 39.0 Å². The second kappa shape index (κ2) is 9.94. The van der Waals surface area contributed by atoms with Crippen LogP contribution in [0.3, 0.4) is 0 Å². The molecule has 3 aromatic heterocycles. The molecule has 0 saturated carbocycles. The van der Waals surface area contributed by atoms with Gasteiger partial charge in [-0.05, 0) is 49.2 Å². The molecule has 5 aromatic rings. The maximum atomic E-state index is 13.2. The molecule has 0 unspecified atom stereocenters. The minimum Gasteiger partial charge on any atom is -0.305 e. The van der Waals surface area contributed by atoms with Crippen LogP contribution in [0.5, 0.6) is 0 Å². The number of sulfonamides is 1. The number of imidazole rings is 1. The molecule has 6 rings (SSSR count). The third kappa shape index (κ3) is 4.77. The van der Waals surface area contributed by atoms with Gasteiger partial charge in [0.2, 0.25) is 10.0 Å². The van der Waals surface area contributed by atoms with E-state index in [0.717, 1.165) is 29.9 Å². The minimum absolute atomic E-state index is 0.270. The lowest BCUT2D eigenvalue weighted by Crippen LogP contribution is -2.27. The maximum Gasteiger partial charge on any atom is 0.243 e. The Kier molecular flexibility index (Phi) is 6.49. The predicted molar refractivity (Wildman–Crippen MR) is 145 cm³/mol. The smallest absolute Gasteiger partial charge is 0.243 e.